The van der Waals surface area contributed by atoms with Gasteiger partial charge in [0.05, 0.1) is 11.8 Å². The molecule has 0 bridgehead atoms. The van der Waals surface area contributed by atoms with E-state index in [1.165, 1.54) is 17.5 Å². The standard InChI is InChI=1S/C14H20N2O3S2/c1-6-14(4,5)16-21(17,18)13-10(3)20-9(2)12(13)11-7-8-15-19-11/h7-8,16H,6H2,1-5H3. The third-order valence-corrected chi connectivity index (χ3v) is 6.47. The summed E-state index contributed by atoms with van der Waals surface area (Å²) < 4.78 is 33.5. The number of thiophene rings is 1. The van der Waals surface area contributed by atoms with Gasteiger partial charge in [-0.25, -0.2) is 13.1 Å². The van der Waals surface area contributed by atoms with E-state index in [-0.39, 0.29) is 0 Å². The zero-order valence-electron chi connectivity index (χ0n) is 12.9. The van der Waals surface area contributed by atoms with Crippen LogP contribution in [0, 0.1) is 13.8 Å². The van der Waals surface area contributed by atoms with Gasteiger partial charge in [0.15, 0.2) is 5.76 Å². The van der Waals surface area contributed by atoms with E-state index in [4.69, 9.17) is 4.52 Å². The maximum Gasteiger partial charge on any atom is 0.242 e. The average Bonchev–Trinajstić information content (AvgIpc) is 2.95. The van der Waals surface area contributed by atoms with E-state index in [9.17, 15) is 8.42 Å². The SMILES string of the molecule is CCC(C)(C)NS(=O)(=O)c1c(C)sc(C)c1-c1ccno1. The summed E-state index contributed by atoms with van der Waals surface area (Å²) in [5, 5.41) is 3.68. The molecule has 0 aromatic carbocycles. The second kappa shape index (κ2) is 5.55. The number of hydrogen-bond acceptors (Lipinski definition) is 5. The molecule has 0 atom stereocenters. The van der Waals surface area contributed by atoms with Crippen molar-refractivity contribution in [3.8, 4) is 11.3 Å². The van der Waals surface area contributed by atoms with Crippen molar-refractivity contribution in [2.45, 2.75) is 51.5 Å². The molecule has 0 saturated heterocycles. The summed E-state index contributed by atoms with van der Waals surface area (Å²) in [5.74, 6) is 0.478. The number of aromatic nitrogens is 1. The molecule has 0 saturated carbocycles. The summed E-state index contributed by atoms with van der Waals surface area (Å²) in [6.07, 6.45) is 2.22. The quantitative estimate of drug-likeness (QED) is 0.912. The first-order chi connectivity index (χ1) is 9.68. The number of hydrogen-bond donors (Lipinski definition) is 1. The second-order valence-electron chi connectivity index (χ2n) is 5.64. The zero-order chi connectivity index (χ0) is 15.8. The summed E-state index contributed by atoms with van der Waals surface area (Å²) in [5.41, 5.74) is 0.106. The summed E-state index contributed by atoms with van der Waals surface area (Å²) in [6.45, 7) is 9.39. The van der Waals surface area contributed by atoms with Gasteiger partial charge in [-0.15, -0.1) is 11.3 Å². The molecule has 2 heterocycles. The molecular formula is C14H20N2O3S2. The van der Waals surface area contributed by atoms with Gasteiger partial charge in [0.1, 0.15) is 4.90 Å². The highest BCUT2D eigenvalue weighted by Crippen LogP contribution is 2.39. The number of aryl methyl sites for hydroxylation is 2. The van der Waals surface area contributed by atoms with E-state index in [1.54, 1.807) is 6.07 Å². The Balaban J connectivity index is 2.59. The summed E-state index contributed by atoms with van der Waals surface area (Å²) in [4.78, 5) is 1.94. The second-order valence-corrected chi connectivity index (χ2v) is 8.69. The number of nitrogens with zero attached hydrogens (tertiary/aromatic N) is 1. The molecule has 2 aromatic rings. The minimum absolute atomic E-state index is 0.295. The summed E-state index contributed by atoms with van der Waals surface area (Å²) in [6, 6.07) is 1.68. The molecule has 0 aliphatic heterocycles. The predicted molar refractivity (Wildman–Crippen MR) is 84.0 cm³/mol. The van der Waals surface area contributed by atoms with Gasteiger partial charge in [0.2, 0.25) is 10.0 Å². The van der Waals surface area contributed by atoms with Crippen LogP contribution in [0.15, 0.2) is 21.7 Å². The lowest BCUT2D eigenvalue weighted by atomic mass is 10.0. The molecular weight excluding hydrogens is 308 g/mol. The molecule has 5 nitrogen and oxygen atoms in total. The van der Waals surface area contributed by atoms with Crippen LogP contribution in [-0.2, 0) is 10.0 Å². The highest BCUT2D eigenvalue weighted by atomic mass is 32.2. The van der Waals surface area contributed by atoms with Crippen molar-refractivity contribution in [1.82, 2.24) is 9.88 Å². The third kappa shape index (κ3) is 3.20. The molecule has 1 N–H and O–H groups in total. The van der Waals surface area contributed by atoms with Crippen molar-refractivity contribution < 1.29 is 12.9 Å². The minimum atomic E-state index is -3.62. The van der Waals surface area contributed by atoms with Crippen LogP contribution >= 0.6 is 11.3 Å². The Labute approximate surface area is 129 Å². The van der Waals surface area contributed by atoms with E-state index >= 15 is 0 Å². The fraction of sp³-hybridized carbons (Fsp3) is 0.500. The highest BCUT2D eigenvalue weighted by Gasteiger charge is 2.31. The van der Waals surface area contributed by atoms with Crippen LogP contribution in [0.25, 0.3) is 11.3 Å². The molecule has 0 aliphatic carbocycles. The molecule has 2 rings (SSSR count). The van der Waals surface area contributed by atoms with Gasteiger partial charge in [0.25, 0.3) is 0 Å². The van der Waals surface area contributed by atoms with Gasteiger partial charge >= 0.3 is 0 Å². The molecule has 0 aliphatic rings. The van der Waals surface area contributed by atoms with E-state index in [2.05, 4.69) is 9.88 Å². The fourth-order valence-electron chi connectivity index (χ4n) is 2.10. The van der Waals surface area contributed by atoms with Crippen molar-refractivity contribution in [3.05, 3.63) is 22.0 Å². The molecule has 0 spiro atoms. The fourth-order valence-corrected chi connectivity index (χ4v) is 5.46. The lowest BCUT2D eigenvalue weighted by molar-refractivity contribution is 0.429. The number of sulfonamides is 1. The molecule has 0 amide bonds. The Bertz CT molecular complexity index is 729. The van der Waals surface area contributed by atoms with Crippen molar-refractivity contribution >= 4 is 21.4 Å². The van der Waals surface area contributed by atoms with E-state index in [1.807, 2.05) is 34.6 Å². The lowest BCUT2D eigenvalue weighted by Gasteiger charge is -2.24. The molecule has 116 valence electrons. The zero-order valence-corrected chi connectivity index (χ0v) is 14.5. The van der Waals surface area contributed by atoms with Crippen LogP contribution in [-0.4, -0.2) is 19.1 Å². The molecule has 0 fully saturated rings. The maximum atomic E-state index is 12.8. The first kappa shape index (κ1) is 16.2. The van der Waals surface area contributed by atoms with Crippen molar-refractivity contribution in [2.24, 2.45) is 0 Å². The summed E-state index contributed by atoms with van der Waals surface area (Å²) in [7, 11) is -3.62. The van der Waals surface area contributed by atoms with Crippen LogP contribution in [0.3, 0.4) is 0 Å². The largest absolute Gasteiger partial charge is 0.356 e. The van der Waals surface area contributed by atoms with Crippen molar-refractivity contribution in [3.63, 3.8) is 0 Å². The third-order valence-electron chi connectivity index (χ3n) is 3.45. The van der Waals surface area contributed by atoms with Crippen LogP contribution < -0.4 is 4.72 Å². The van der Waals surface area contributed by atoms with E-state index in [0.29, 0.717) is 22.6 Å². The normalized spacial score (nSPS) is 12.8. The Hall–Kier alpha value is -1.18. The average molecular weight is 328 g/mol. The Morgan fingerprint density at radius 2 is 2.00 bits per heavy atom. The van der Waals surface area contributed by atoms with E-state index < -0.39 is 15.6 Å². The first-order valence-electron chi connectivity index (χ1n) is 6.73. The van der Waals surface area contributed by atoms with Crippen LogP contribution in [0.5, 0.6) is 0 Å². The highest BCUT2D eigenvalue weighted by molar-refractivity contribution is 7.90. The van der Waals surface area contributed by atoms with Gasteiger partial charge in [-0.3, -0.25) is 0 Å². The molecule has 7 heteroatoms. The van der Waals surface area contributed by atoms with Gasteiger partial charge < -0.3 is 4.52 Å². The topological polar surface area (TPSA) is 72.2 Å². The van der Waals surface area contributed by atoms with Gasteiger partial charge in [-0.1, -0.05) is 12.1 Å². The Kier molecular flexibility index (Phi) is 4.28. The predicted octanol–water partition coefficient (Wildman–Crippen LogP) is 3.49. The van der Waals surface area contributed by atoms with Crippen LogP contribution in [0.2, 0.25) is 0 Å². The smallest absolute Gasteiger partial charge is 0.242 e. The van der Waals surface area contributed by atoms with E-state index in [0.717, 1.165) is 9.75 Å². The molecule has 21 heavy (non-hydrogen) atoms. The van der Waals surface area contributed by atoms with Crippen molar-refractivity contribution in [1.29, 1.82) is 0 Å². The monoisotopic (exact) mass is 328 g/mol. The van der Waals surface area contributed by atoms with Gasteiger partial charge in [-0.05, 0) is 34.1 Å². The Morgan fingerprint density at radius 1 is 1.33 bits per heavy atom. The lowest BCUT2D eigenvalue weighted by Crippen LogP contribution is -2.42. The Morgan fingerprint density at radius 3 is 2.52 bits per heavy atom. The maximum absolute atomic E-state index is 12.8. The van der Waals surface area contributed by atoms with Crippen LogP contribution in [0.1, 0.15) is 36.9 Å². The first-order valence-corrected chi connectivity index (χ1v) is 9.03. The number of nitrogens with one attached hydrogen (secondary N) is 1. The van der Waals surface area contributed by atoms with Crippen LogP contribution in [0.4, 0.5) is 0 Å². The minimum Gasteiger partial charge on any atom is -0.356 e. The summed E-state index contributed by atoms with van der Waals surface area (Å²) >= 11 is 1.45. The van der Waals surface area contributed by atoms with Gasteiger partial charge in [0, 0.05) is 21.4 Å². The van der Waals surface area contributed by atoms with Gasteiger partial charge in [-0.2, -0.15) is 0 Å². The molecule has 2 aromatic heterocycles. The molecule has 0 radical (unpaired) electrons. The number of rotatable bonds is 5. The van der Waals surface area contributed by atoms with Crippen molar-refractivity contribution in [2.75, 3.05) is 0 Å². The molecule has 0 unspecified atom stereocenters.